The Bertz CT molecular complexity index is 854. The molecule has 2 aromatic rings. The zero-order valence-electron chi connectivity index (χ0n) is 16.0. The Morgan fingerprint density at radius 3 is 2.76 bits per heavy atom. The molecular formula is C18H23ClF3IN6. The van der Waals surface area contributed by atoms with Crippen LogP contribution in [0.1, 0.15) is 17.5 Å². The molecule has 1 saturated heterocycles. The lowest BCUT2D eigenvalue weighted by atomic mass is 10.2. The number of aliphatic imine (C=N–C) groups is 1. The highest BCUT2D eigenvalue weighted by Crippen LogP contribution is 2.34. The van der Waals surface area contributed by atoms with Crippen molar-refractivity contribution in [2.24, 2.45) is 12.0 Å². The first-order valence-electron chi connectivity index (χ1n) is 8.82. The molecule has 1 aliphatic heterocycles. The Morgan fingerprint density at radius 2 is 2.17 bits per heavy atom. The van der Waals surface area contributed by atoms with Crippen LogP contribution in [0.2, 0.25) is 5.02 Å². The van der Waals surface area contributed by atoms with Crippen LogP contribution in [0.3, 0.4) is 0 Å². The first kappa shape index (κ1) is 23.6. The van der Waals surface area contributed by atoms with Crippen LogP contribution < -0.4 is 15.5 Å². The van der Waals surface area contributed by atoms with Crippen molar-refractivity contribution in [3.63, 3.8) is 0 Å². The van der Waals surface area contributed by atoms with Crippen LogP contribution in [0.4, 0.5) is 19.0 Å². The van der Waals surface area contributed by atoms with Gasteiger partial charge in [0.05, 0.1) is 10.6 Å². The second-order valence-electron chi connectivity index (χ2n) is 6.71. The molecule has 0 radical (unpaired) electrons. The molecular weight excluding hydrogens is 520 g/mol. The minimum atomic E-state index is -4.46. The maximum Gasteiger partial charge on any atom is 0.417 e. The lowest BCUT2D eigenvalue weighted by Gasteiger charge is -2.21. The van der Waals surface area contributed by atoms with Crippen molar-refractivity contribution < 1.29 is 13.2 Å². The number of guanidine groups is 1. The lowest BCUT2D eigenvalue weighted by Crippen LogP contribution is -2.44. The van der Waals surface area contributed by atoms with Crippen molar-refractivity contribution in [2.45, 2.75) is 25.2 Å². The number of pyridine rings is 1. The van der Waals surface area contributed by atoms with Gasteiger partial charge in [-0.25, -0.2) is 4.98 Å². The average molecular weight is 543 g/mol. The Kier molecular flexibility index (Phi) is 8.03. The van der Waals surface area contributed by atoms with E-state index in [9.17, 15) is 13.2 Å². The van der Waals surface area contributed by atoms with E-state index in [4.69, 9.17) is 11.6 Å². The standard InChI is InChI=1S/C18H22ClF3N6.HI/c1-23-17(25-8-12-3-5-27(2)10-12)26-14-4-6-28(11-14)16-15(19)7-13(9-24-16)18(20,21)22;/h3,5,7,9-10,14H,4,6,8,11H2,1-2H3,(H2,23,25,26);1H. The van der Waals surface area contributed by atoms with E-state index in [2.05, 4.69) is 20.6 Å². The summed E-state index contributed by atoms with van der Waals surface area (Å²) in [4.78, 5) is 10.0. The van der Waals surface area contributed by atoms with E-state index in [1.807, 2.05) is 35.0 Å². The molecule has 2 N–H and O–H groups in total. The molecule has 0 amide bonds. The highest BCUT2D eigenvalue weighted by Gasteiger charge is 2.33. The van der Waals surface area contributed by atoms with Crippen molar-refractivity contribution in [2.75, 3.05) is 25.0 Å². The van der Waals surface area contributed by atoms with Crippen LogP contribution in [0.25, 0.3) is 0 Å². The highest BCUT2D eigenvalue weighted by molar-refractivity contribution is 14.0. The summed E-state index contributed by atoms with van der Waals surface area (Å²) in [5.41, 5.74) is 0.292. The average Bonchev–Trinajstić information content (AvgIpc) is 3.26. The predicted molar refractivity (Wildman–Crippen MR) is 119 cm³/mol. The van der Waals surface area contributed by atoms with Gasteiger partial charge in [0.15, 0.2) is 5.96 Å². The van der Waals surface area contributed by atoms with E-state index in [1.165, 1.54) is 0 Å². The summed E-state index contributed by atoms with van der Waals surface area (Å²) in [6, 6.07) is 3.03. The third-order valence-electron chi connectivity index (χ3n) is 4.55. The molecule has 0 saturated carbocycles. The second kappa shape index (κ2) is 9.88. The molecule has 2 aromatic heterocycles. The molecule has 11 heteroatoms. The van der Waals surface area contributed by atoms with Crippen LogP contribution in [0, 0.1) is 0 Å². The lowest BCUT2D eigenvalue weighted by molar-refractivity contribution is -0.137. The number of halogens is 5. The van der Waals surface area contributed by atoms with Gasteiger partial charge < -0.3 is 20.1 Å². The van der Waals surface area contributed by atoms with E-state index in [0.717, 1.165) is 24.2 Å². The summed E-state index contributed by atoms with van der Waals surface area (Å²) in [7, 11) is 3.66. The fraction of sp³-hybridized carbons (Fsp3) is 0.444. The van der Waals surface area contributed by atoms with Crippen LogP contribution in [-0.4, -0.2) is 41.7 Å². The Balaban J connectivity index is 0.00000300. The molecule has 0 spiro atoms. The predicted octanol–water partition coefficient (Wildman–Crippen LogP) is 3.65. The maximum absolute atomic E-state index is 12.8. The van der Waals surface area contributed by atoms with Gasteiger partial charge in [0.1, 0.15) is 5.82 Å². The van der Waals surface area contributed by atoms with Gasteiger partial charge in [-0.05, 0) is 24.1 Å². The Hall–Kier alpha value is -1.69. The number of aryl methyl sites for hydroxylation is 1. The fourth-order valence-electron chi connectivity index (χ4n) is 3.13. The SMILES string of the molecule is CN=C(NCc1ccn(C)c1)NC1CCN(c2ncc(C(F)(F)F)cc2Cl)C1.I. The van der Waals surface area contributed by atoms with Gasteiger partial charge in [0, 0.05) is 58.4 Å². The molecule has 1 atom stereocenters. The monoisotopic (exact) mass is 542 g/mol. The molecule has 1 unspecified atom stereocenters. The highest BCUT2D eigenvalue weighted by atomic mass is 127. The first-order valence-corrected chi connectivity index (χ1v) is 9.20. The summed E-state index contributed by atoms with van der Waals surface area (Å²) in [6.07, 6.45) is 1.16. The molecule has 0 aliphatic carbocycles. The largest absolute Gasteiger partial charge is 0.417 e. The fourth-order valence-corrected chi connectivity index (χ4v) is 3.41. The zero-order valence-corrected chi connectivity index (χ0v) is 19.1. The molecule has 0 aromatic carbocycles. The van der Waals surface area contributed by atoms with Crippen LogP contribution in [0.15, 0.2) is 35.7 Å². The smallest absolute Gasteiger partial charge is 0.357 e. The molecule has 1 aliphatic rings. The second-order valence-corrected chi connectivity index (χ2v) is 7.12. The van der Waals surface area contributed by atoms with E-state index in [-0.39, 0.29) is 35.0 Å². The van der Waals surface area contributed by atoms with E-state index in [1.54, 1.807) is 7.05 Å². The number of anilines is 1. The minimum absolute atomic E-state index is 0. The maximum atomic E-state index is 12.8. The number of alkyl halides is 3. The Labute approximate surface area is 189 Å². The molecule has 29 heavy (non-hydrogen) atoms. The molecule has 160 valence electrons. The van der Waals surface area contributed by atoms with Crippen LogP contribution in [0.5, 0.6) is 0 Å². The first-order chi connectivity index (χ1) is 13.3. The quantitative estimate of drug-likeness (QED) is 0.352. The van der Waals surface area contributed by atoms with Crippen molar-refractivity contribution in [1.82, 2.24) is 20.2 Å². The van der Waals surface area contributed by atoms with Crippen molar-refractivity contribution in [3.8, 4) is 0 Å². The topological polar surface area (TPSA) is 57.5 Å². The number of hydrogen-bond acceptors (Lipinski definition) is 3. The number of nitrogens with zero attached hydrogens (tertiary/aromatic N) is 4. The Morgan fingerprint density at radius 1 is 1.41 bits per heavy atom. The molecule has 3 rings (SSSR count). The van der Waals surface area contributed by atoms with E-state index in [0.29, 0.717) is 31.4 Å². The molecule has 6 nitrogen and oxygen atoms in total. The molecule has 3 heterocycles. The van der Waals surface area contributed by atoms with Crippen LogP contribution >= 0.6 is 35.6 Å². The van der Waals surface area contributed by atoms with Gasteiger partial charge in [0.2, 0.25) is 0 Å². The van der Waals surface area contributed by atoms with Crippen molar-refractivity contribution in [3.05, 3.63) is 46.9 Å². The van der Waals surface area contributed by atoms with Gasteiger partial charge in [-0.15, -0.1) is 24.0 Å². The van der Waals surface area contributed by atoms with Gasteiger partial charge in [-0.3, -0.25) is 4.99 Å². The van der Waals surface area contributed by atoms with Gasteiger partial charge in [0.25, 0.3) is 0 Å². The summed E-state index contributed by atoms with van der Waals surface area (Å²) in [5, 5.41) is 6.60. The number of aromatic nitrogens is 2. The van der Waals surface area contributed by atoms with Gasteiger partial charge in [-0.2, -0.15) is 13.2 Å². The van der Waals surface area contributed by atoms with Crippen molar-refractivity contribution in [1.29, 1.82) is 0 Å². The third kappa shape index (κ3) is 6.14. The normalized spacial score (nSPS) is 17.2. The van der Waals surface area contributed by atoms with Gasteiger partial charge >= 0.3 is 6.18 Å². The molecule has 0 bridgehead atoms. The van der Waals surface area contributed by atoms with Crippen molar-refractivity contribution >= 4 is 47.4 Å². The van der Waals surface area contributed by atoms with E-state index < -0.39 is 11.7 Å². The zero-order chi connectivity index (χ0) is 20.3. The molecule has 1 fully saturated rings. The summed E-state index contributed by atoms with van der Waals surface area (Å²) >= 11 is 6.05. The number of rotatable bonds is 4. The third-order valence-corrected chi connectivity index (χ3v) is 4.83. The van der Waals surface area contributed by atoms with E-state index >= 15 is 0 Å². The number of hydrogen-bond donors (Lipinski definition) is 2. The van der Waals surface area contributed by atoms with Crippen LogP contribution in [-0.2, 0) is 19.8 Å². The summed E-state index contributed by atoms with van der Waals surface area (Å²) < 4.78 is 40.3. The summed E-state index contributed by atoms with van der Waals surface area (Å²) in [5.74, 6) is 1.04. The summed E-state index contributed by atoms with van der Waals surface area (Å²) in [6.45, 7) is 1.86. The minimum Gasteiger partial charge on any atom is -0.357 e. The number of nitrogens with one attached hydrogen (secondary N) is 2. The van der Waals surface area contributed by atoms with Gasteiger partial charge in [-0.1, -0.05) is 11.6 Å².